The lowest BCUT2D eigenvalue weighted by Gasteiger charge is -2.23. The number of nitrogens with zero attached hydrogens (tertiary/aromatic N) is 2. The number of nitrogens with one attached hydrogen (secondary N) is 1. The summed E-state index contributed by atoms with van der Waals surface area (Å²) in [5.41, 5.74) is 3.38. The van der Waals surface area contributed by atoms with Gasteiger partial charge in [0, 0.05) is 25.2 Å². The lowest BCUT2D eigenvalue weighted by molar-refractivity contribution is -0.120. The van der Waals surface area contributed by atoms with Gasteiger partial charge in [0.2, 0.25) is 5.91 Å². The number of hydrogen-bond acceptors (Lipinski definition) is 4. The summed E-state index contributed by atoms with van der Waals surface area (Å²) >= 11 is 0. The third-order valence-electron chi connectivity index (χ3n) is 5.86. The van der Waals surface area contributed by atoms with E-state index in [9.17, 15) is 9.59 Å². The monoisotopic (exact) mass is 387 g/mol. The molecule has 6 nitrogen and oxygen atoms in total. The number of benzene rings is 2. The van der Waals surface area contributed by atoms with Crippen LogP contribution in [0.15, 0.2) is 65.2 Å². The van der Waals surface area contributed by atoms with Gasteiger partial charge in [0.1, 0.15) is 11.8 Å². The van der Waals surface area contributed by atoms with Crippen LogP contribution in [0.1, 0.15) is 39.7 Å². The first-order valence-electron chi connectivity index (χ1n) is 9.78. The number of amides is 2. The standard InChI is InChI=1S/C23H21N3O3/c1-26-20-10-6-5-9-16(20)17-13-18(17)21(23(26)28)24-22(27)19-12-15(29-25-19)11-14-7-3-2-4-8-14/h2-10,12,17-18,21H,11,13H2,1H3,(H,24,27)/t17?,18-,21-/m1/s1. The van der Waals surface area contributed by atoms with Gasteiger partial charge in [-0.2, -0.15) is 0 Å². The van der Waals surface area contributed by atoms with Crippen LogP contribution in [0, 0.1) is 5.92 Å². The summed E-state index contributed by atoms with van der Waals surface area (Å²) in [4.78, 5) is 27.5. The number of rotatable bonds is 4. The number of aromatic nitrogens is 1. The fourth-order valence-electron chi connectivity index (χ4n) is 4.24. The van der Waals surface area contributed by atoms with Gasteiger partial charge in [-0.3, -0.25) is 9.59 Å². The molecule has 2 aromatic carbocycles. The van der Waals surface area contributed by atoms with Crippen LogP contribution >= 0.6 is 0 Å². The predicted octanol–water partition coefficient (Wildman–Crippen LogP) is 3.14. The topological polar surface area (TPSA) is 75.4 Å². The quantitative estimate of drug-likeness (QED) is 0.746. The SMILES string of the molecule is CN1C(=O)[C@H](NC(=O)c2cc(Cc3ccccc3)on2)[C@@H]2CC2c2ccccc21. The van der Waals surface area contributed by atoms with Gasteiger partial charge in [0.15, 0.2) is 5.69 Å². The van der Waals surface area contributed by atoms with Crippen LogP contribution in [0.4, 0.5) is 5.69 Å². The predicted molar refractivity (Wildman–Crippen MR) is 108 cm³/mol. The van der Waals surface area contributed by atoms with E-state index in [0.717, 1.165) is 17.7 Å². The molecule has 1 N–H and O–H groups in total. The van der Waals surface area contributed by atoms with Crippen molar-refractivity contribution in [3.8, 4) is 0 Å². The molecule has 1 aliphatic heterocycles. The van der Waals surface area contributed by atoms with E-state index in [4.69, 9.17) is 4.52 Å². The third kappa shape index (κ3) is 3.20. The van der Waals surface area contributed by atoms with Gasteiger partial charge in [-0.25, -0.2) is 0 Å². The minimum atomic E-state index is -0.556. The Morgan fingerprint density at radius 2 is 1.93 bits per heavy atom. The summed E-state index contributed by atoms with van der Waals surface area (Å²) in [6.45, 7) is 0. The molecule has 146 valence electrons. The molecule has 1 aromatic heterocycles. The molecule has 3 atom stereocenters. The van der Waals surface area contributed by atoms with Crippen molar-refractivity contribution in [3.05, 3.63) is 83.2 Å². The van der Waals surface area contributed by atoms with Crippen LogP contribution in [0.5, 0.6) is 0 Å². The molecule has 29 heavy (non-hydrogen) atoms. The van der Waals surface area contributed by atoms with Gasteiger partial charge in [0.25, 0.3) is 5.91 Å². The molecule has 1 saturated carbocycles. The van der Waals surface area contributed by atoms with Crippen molar-refractivity contribution < 1.29 is 14.1 Å². The molecule has 0 radical (unpaired) electrons. The maximum absolute atomic E-state index is 13.0. The Kier molecular flexibility index (Phi) is 4.19. The van der Waals surface area contributed by atoms with Gasteiger partial charge < -0.3 is 14.7 Å². The molecule has 2 aliphatic rings. The van der Waals surface area contributed by atoms with Gasteiger partial charge >= 0.3 is 0 Å². The van der Waals surface area contributed by atoms with Crippen LogP contribution in [0.2, 0.25) is 0 Å². The fourth-order valence-corrected chi connectivity index (χ4v) is 4.24. The normalized spacial score (nSPS) is 22.4. The smallest absolute Gasteiger partial charge is 0.274 e. The lowest BCUT2D eigenvalue weighted by atomic mass is 10.1. The number of anilines is 1. The Bertz CT molecular complexity index is 1080. The molecule has 2 amide bonds. The third-order valence-corrected chi connectivity index (χ3v) is 5.86. The molecule has 1 aliphatic carbocycles. The average Bonchev–Trinajstić information content (AvgIpc) is 3.41. The van der Waals surface area contributed by atoms with E-state index in [2.05, 4.69) is 16.5 Å². The Labute approximate surface area is 168 Å². The molecule has 1 fully saturated rings. The highest BCUT2D eigenvalue weighted by Crippen LogP contribution is 2.54. The second kappa shape index (κ2) is 6.88. The zero-order valence-corrected chi connectivity index (χ0v) is 16.0. The molecule has 0 spiro atoms. The molecule has 5 rings (SSSR count). The number of para-hydroxylation sites is 1. The average molecular weight is 387 g/mol. The maximum atomic E-state index is 13.0. The van der Waals surface area contributed by atoms with Crippen LogP contribution in [0.25, 0.3) is 0 Å². The first-order chi connectivity index (χ1) is 14.1. The largest absolute Gasteiger partial charge is 0.360 e. The summed E-state index contributed by atoms with van der Waals surface area (Å²) in [5, 5.41) is 6.82. The Hall–Kier alpha value is -3.41. The van der Waals surface area contributed by atoms with Crippen molar-refractivity contribution in [3.63, 3.8) is 0 Å². The maximum Gasteiger partial charge on any atom is 0.274 e. The van der Waals surface area contributed by atoms with Crippen LogP contribution in [0.3, 0.4) is 0 Å². The molecule has 1 unspecified atom stereocenters. The minimum absolute atomic E-state index is 0.0937. The first kappa shape index (κ1) is 17.7. The number of carbonyl (C=O) groups is 2. The van der Waals surface area contributed by atoms with E-state index < -0.39 is 6.04 Å². The van der Waals surface area contributed by atoms with E-state index in [-0.39, 0.29) is 23.4 Å². The van der Waals surface area contributed by atoms with Crippen molar-refractivity contribution in [2.75, 3.05) is 11.9 Å². The van der Waals surface area contributed by atoms with Gasteiger partial charge in [-0.1, -0.05) is 53.7 Å². The Balaban J connectivity index is 1.32. The molecule has 3 aromatic rings. The van der Waals surface area contributed by atoms with E-state index in [0.29, 0.717) is 18.1 Å². The molecular formula is C23H21N3O3. The summed E-state index contributed by atoms with van der Waals surface area (Å²) in [5.74, 6) is 0.562. The van der Waals surface area contributed by atoms with Gasteiger partial charge in [-0.05, 0) is 35.4 Å². The van der Waals surface area contributed by atoms with Crippen molar-refractivity contribution in [1.82, 2.24) is 10.5 Å². The zero-order valence-electron chi connectivity index (χ0n) is 16.0. The minimum Gasteiger partial charge on any atom is -0.360 e. The molecule has 0 bridgehead atoms. The molecule has 2 heterocycles. The second-order valence-corrected chi connectivity index (χ2v) is 7.75. The first-order valence-corrected chi connectivity index (χ1v) is 9.78. The van der Waals surface area contributed by atoms with Gasteiger partial charge in [0.05, 0.1) is 0 Å². The van der Waals surface area contributed by atoms with Crippen LogP contribution in [-0.4, -0.2) is 30.1 Å². The summed E-state index contributed by atoms with van der Waals surface area (Å²) in [6.07, 6.45) is 1.46. The highest BCUT2D eigenvalue weighted by atomic mass is 16.5. The molecular weight excluding hydrogens is 366 g/mol. The molecule has 0 saturated heterocycles. The van der Waals surface area contributed by atoms with E-state index in [1.807, 2.05) is 48.5 Å². The second-order valence-electron chi connectivity index (χ2n) is 7.75. The van der Waals surface area contributed by atoms with E-state index in [1.54, 1.807) is 18.0 Å². The molecule has 6 heteroatoms. The van der Waals surface area contributed by atoms with Crippen molar-refractivity contribution >= 4 is 17.5 Å². The van der Waals surface area contributed by atoms with Gasteiger partial charge in [-0.15, -0.1) is 0 Å². The summed E-state index contributed by atoms with van der Waals surface area (Å²) in [7, 11) is 1.76. The highest BCUT2D eigenvalue weighted by molar-refractivity contribution is 6.03. The number of hydrogen-bond donors (Lipinski definition) is 1. The van der Waals surface area contributed by atoms with E-state index >= 15 is 0 Å². The van der Waals surface area contributed by atoms with E-state index in [1.165, 1.54) is 5.56 Å². The van der Waals surface area contributed by atoms with Crippen molar-refractivity contribution in [1.29, 1.82) is 0 Å². The lowest BCUT2D eigenvalue weighted by Crippen LogP contribution is -2.48. The summed E-state index contributed by atoms with van der Waals surface area (Å²) in [6, 6.07) is 18.9. The summed E-state index contributed by atoms with van der Waals surface area (Å²) < 4.78 is 5.33. The number of fused-ring (bicyclic) bond motifs is 3. The zero-order chi connectivity index (χ0) is 20.0. The van der Waals surface area contributed by atoms with Crippen LogP contribution < -0.4 is 10.2 Å². The van der Waals surface area contributed by atoms with Crippen molar-refractivity contribution in [2.45, 2.75) is 24.8 Å². The van der Waals surface area contributed by atoms with Crippen molar-refractivity contribution in [2.24, 2.45) is 5.92 Å². The Morgan fingerprint density at radius 1 is 1.17 bits per heavy atom. The number of likely N-dealkylation sites (N-methyl/N-ethyl adjacent to an activating group) is 1. The fraction of sp³-hybridized carbons (Fsp3) is 0.261. The highest BCUT2D eigenvalue weighted by Gasteiger charge is 2.51. The number of carbonyl (C=O) groups excluding carboxylic acids is 2. The van der Waals surface area contributed by atoms with Crippen LogP contribution in [-0.2, 0) is 11.2 Å². The Morgan fingerprint density at radius 3 is 2.76 bits per heavy atom.